The van der Waals surface area contributed by atoms with Gasteiger partial charge in [-0.3, -0.25) is 4.98 Å². The Kier molecular flexibility index (Phi) is 3.66. The number of nitrogens with two attached hydrogens (primary N) is 1. The molecule has 3 N–H and O–H groups in total. The van der Waals surface area contributed by atoms with Gasteiger partial charge in [0.25, 0.3) is 6.43 Å². The molecule has 4 nitrogen and oxygen atoms in total. The summed E-state index contributed by atoms with van der Waals surface area (Å²) in [5, 5.41) is 17.5. The van der Waals surface area contributed by atoms with Crippen LogP contribution in [0.1, 0.15) is 28.9 Å². The van der Waals surface area contributed by atoms with E-state index in [4.69, 9.17) is 16.1 Å². The Morgan fingerprint density at radius 1 is 1.60 bits per heavy atom. The number of alkyl halides is 2. The maximum absolute atomic E-state index is 12.6. The van der Waals surface area contributed by atoms with Crippen LogP contribution in [0, 0.1) is 11.3 Å². The van der Waals surface area contributed by atoms with Crippen LogP contribution in [0.3, 0.4) is 0 Å². The van der Waals surface area contributed by atoms with Crippen LogP contribution >= 0.6 is 0 Å². The number of aromatic nitrogens is 1. The molecule has 1 heterocycles. The number of hydrogen-bond acceptors (Lipinski definition) is 4. The molecule has 0 aliphatic heterocycles. The van der Waals surface area contributed by atoms with Crippen LogP contribution < -0.4 is 5.73 Å². The number of nitriles is 1. The van der Waals surface area contributed by atoms with Gasteiger partial charge in [-0.25, -0.2) is 8.78 Å². The lowest BCUT2D eigenvalue weighted by atomic mass is 10.1. The average molecular weight is 213 g/mol. The van der Waals surface area contributed by atoms with Gasteiger partial charge in [0.2, 0.25) is 0 Å². The van der Waals surface area contributed by atoms with Gasteiger partial charge in [0.05, 0.1) is 35.2 Å². The van der Waals surface area contributed by atoms with Gasteiger partial charge in [0.15, 0.2) is 0 Å². The molecule has 6 heteroatoms. The van der Waals surface area contributed by atoms with Gasteiger partial charge < -0.3 is 10.8 Å². The molecule has 0 fully saturated rings. The highest BCUT2D eigenvalue weighted by molar-refractivity contribution is 5.42. The summed E-state index contributed by atoms with van der Waals surface area (Å²) in [7, 11) is 0. The van der Waals surface area contributed by atoms with Gasteiger partial charge in [-0.2, -0.15) is 5.26 Å². The predicted octanol–water partition coefficient (Wildman–Crippen LogP) is 0.842. The van der Waals surface area contributed by atoms with Gasteiger partial charge in [0, 0.05) is 6.54 Å². The molecule has 0 spiro atoms. The first-order chi connectivity index (χ1) is 7.13. The second-order valence-electron chi connectivity index (χ2n) is 2.80. The molecular formula is C9H9F2N3O. The van der Waals surface area contributed by atoms with Crippen LogP contribution in [-0.4, -0.2) is 10.1 Å². The highest BCUT2D eigenvalue weighted by Crippen LogP contribution is 2.26. The molecule has 1 aromatic heterocycles. The Labute approximate surface area is 85.0 Å². The van der Waals surface area contributed by atoms with Crippen molar-refractivity contribution in [2.24, 2.45) is 5.73 Å². The molecule has 0 aliphatic carbocycles. The first-order valence-electron chi connectivity index (χ1n) is 4.15. The van der Waals surface area contributed by atoms with Crippen LogP contribution in [0.2, 0.25) is 0 Å². The third kappa shape index (κ3) is 2.26. The molecule has 0 aromatic carbocycles. The van der Waals surface area contributed by atoms with E-state index in [-0.39, 0.29) is 17.8 Å². The van der Waals surface area contributed by atoms with Crippen molar-refractivity contribution in [3.63, 3.8) is 0 Å². The maximum atomic E-state index is 12.6. The van der Waals surface area contributed by atoms with E-state index in [0.717, 1.165) is 0 Å². The normalized spacial score (nSPS) is 10.4. The Bertz CT molecular complexity index is 401. The standard InChI is InChI=1S/C9H9F2N3O/c10-9(11)8-5(2-12)1-6(3-13)14-7(8)4-15/h1,9,15H,3-4,13H2. The molecule has 1 rings (SSSR count). The minimum atomic E-state index is -2.83. The number of hydrogen-bond donors (Lipinski definition) is 2. The molecule has 0 amide bonds. The lowest BCUT2D eigenvalue weighted by Crippen LogP contribution is -2.08. The van der Waals surface area contributed by atoms with E-state index in [1.807, 2.05) is 0 Å². The van der Waals surface area contributed by atoms with Crippen molar-refractivity contribution in [2.75, 3.05) is 0 Å². The van der Waals surface area contributed by atoms with E-state index in [1.165, 1.54) is 6.07 Å². The quantitative estimate of drug-likeness (QED) is 0.779. The topological polar surface area (TPSA) is 82.9 Å². The first kappa shape index (κ1) is 11.5. The monoisotopic (exact) mass is 213 g/mol. The van der Waals surface area contributed by atoms with Crippen molar-refractivity contribution in [3.05, 3.63) is 28.6 Å². The number of aliphatic hydroxyl groups is 1. The molecule has 0 unspecified atom stereocenters. The van der Waals surface area contributed by atoms with Crippen LogP contribution in [-0.2, 0) is 13.2 Å². The molecule has 0 bridgehead atoms. The summed E-state index contributed by atoms with van der Waals surface area (Å²) in [6.07, 6.45) is -2.83. The van der Waals surface area contributed by atoms with Crippen molar-refractivity contribution >= 4 is 0 Å². The van der Waals surface area contributed by atoms with Crippen molar-refractivity contribution in [2.45, 2.75) is 19.6 Å². The van der Waals surface area contributed by atoms with E-state index in [1.54, 1.807) is 6.07 Å². The summed E-state index contributed by atoms with van der Waals surface area (Å²) in [6.45, 7) is -0.604. The summed E-state index contributed by atoms with van der Waals surface area (Å²) >= 11 is 0. The number of aliphatic hydroxyl groups excluding tert-OH is 1. The first-order valence-corrected chi connectivity index (χ1v) is 4.15. The Morgan fingerprint density at radius 3 is 2.67 bits per heavy atom. The van der Waals surface area contributed by atoms with Crippen LogP contribution in [0.4, 0.5) is 8.78 Å². The number of halogens is 2. The number of rotatable bonds is 3. The zero-order valence-corrected chi connectivity index (χ0v) is 7.74. The molecule has 0 saturated heterocycles. The molecule has 80 valence electrons. The highest BCUT2D eigenvalue weighted by Gasteiger charge is 2.19. The zero-order chi connectivity index (χ0) is 11.4. The predicted molar refractivity (Wildman–Crippen MR) is 47.7 cm³/mol. The maximum Gasteiger partial charge on any atom is 0.266 e. The minimum absolute atomic E-state index is 0.0329. The largest absolute Gasteiger partial charge is 0.390 e. The summed E-state index contributed by atoms with van der Waals surface area (Å²) in [5.74, 6) is 0. The molecule has 0 saturated carbocycles. The van der Waals surface area contributed by atoms with Crippen LogP contribution in [0.15, 0.2) is 6.07 Å². The van der Waals surface area contributed by atoms with Crippen molar-refractivity contribution in [1.82, 2.24) is 4.98 Å². The Hall–Kier alpha value is -1.58. The smallest absolute Gasteiger partial charge is 0.266 e. The zero-order valence-electron chi connectivity index (χ0n) is 7.74. The van der Waals surface area contributed by atoms with E-state index in [9.17, 15) is 8.78 Å². The second-order valence-corrected chi connectivity index (χ2v) is 2.80. The molecule has 0 aliphatic rings. The fraction of sp³-hybridized carbons (Fsp3) is 0.333. The highest BCUT2D eigenvalue weighted by atomic mass is 19.3. The van der Waals surface area contributed by atoms with Gasteiger partial charge in [0.1, 0.15) is 0 Å². The SMILES string of the molecule is N#Cc1cc(CN)nc(CO)c1C(F)F. The van der Waals surface area contributed by atoms with E-state index in [2.05, 4.69) is 4.98 Å². The summed E-state index contributed by atoms with van der Waals surface area (Å²) in [5.41, 5.74) is 4.69. The lowest BCUT2D eigenvalue weighted by molar-refractivity contribution is 0.145. The Balaban J connectivity index is 3.41. The minimum Gasteiger partial charge on any atom is -0.390 e. The average Bonchev–Trinajstić information content (AvgIpc) is 2.26. The Morgan fingerprint density at radius 2 is 2.27 bits per heavy atom. The van der Waals surface area contributed by atoms with Gasteiger partial charge in [-0.15, -0.1) is 0 Å². The van der Waals surface area contributed by atoms with Crippen LogP contribution in [0.25, 0.3) is 0 Å². The summed E-state index contributed by atoms with van der Waals surface area (Å²) < 4.78 is 25.1. The molecule has 0 atom stereocenters. The van der Waals surface area contributed by atoms with E-state index in [0.29, 0.717) is 5.69 Å². The van der Waals surface area contributed by atoms with Crippen molar-refractivity contribution in [3.8, 4) is 6.07 Å². The third-order valence-corrected chi connectivity index (χ3v) is 1.89. The molecular weight excluding hydrogens is 204 g/mol. The summed E-state index contributed by atoms with van der Waals surface area (Å²) in [6, 6.07) is 2.85. The fourth-order valence-electron chi connectivity index (χ4n) is 1.23. The number of pyridine rings is 1. The number of nitrogens with zero attached hydrogens (tertiary/aromatic N) is 2. The molecule has 15 heavy (non-hydrogen) atoms. The third-order valence-electron chi connectivity index (χ3n) is 1.89. The van der Waals surface area contributed by atoms with Crippen LogP contribution in [0.5, 0.6) is 0 Å². The van der Waals surface area contributed by atoms with E-state index >= 15 is 0 Å². The van der Waals surface area contributed by atoms with E-state index < -0.39 is 18.6 Å². The van der Waals surface area contributed by atoms with Gasteiger partial charge in [-0.1, -0.05) is 0 Å². The molecule has 1 aromatic rings. The van der Waals surface area contributed by atoms with Gasteiger partial charge >= 0.3 is 0 Å². The molecule has 0 radical (unpaired) electrons. The fourth-order valence-corrected chi connectivity index (χ4v) is 1.23. The van der Waals surface area contributed by atoms with Crippen molar-refractivity contribution in [1.29, 1.82) is 5.26 Å². The lowest BCUT2D eigenvalue weighted by Gasteiger charge is -2.09. The van der Waals surface area contributed by atoms with Gasteiger partial charge in [-0.05, 0) is 6.07 Å². The van der Waals surface area contributed by atoms with Crippen molar-refractivity contribution < 1.29 is 13.9 Å². The summed E-state index contributed by atoms with van der Waals surface area (Å²) in [4.78, 5) is 3.73. The second kappa shape index (κ2) is 4.77.